The van der Waals surface area contributed by atoms with Crippen LogP contribution in [0.15, 0.2) is 66.6 Å². The fraction of sp³-hybridized carbons (Fsp3) is 0.125. The first-order chi connectivity index (χ1) is 10.0. The number of fused-ring (bicyclic) bond motifs is 1. The molecule has 0 aliphatic heterocycles. The highest BCUT2D eigenvalue weighted by atomic mass is 35.5. The van der Waals surface area contributed by atoms with E-state index in [1.54, 1.807) is 36.4 Å². The highest BCUT2D eigenvalue weighted by Crippen LogP contribution is 2.30. The van der Waals surface area contributed by atoms with E-state index in [1.807, 2.05) is 12.1 Å². The third-order valence-electron chi connectivity index (χ3n) is 3.11. The van der Waals surface area contributed by atoms with E-state index in [9.17, 15) is 8.42 Å². The quantitative estimate of drug-likeness (QED) is 0.758. The Morgan fingerprint density at radius 2 is 1.57 bits per heavy atom. The second-order valence-electron chi connectivity index (χ2n) is 4.49. The average molecular weight is 322 g/mol. The van der Waals surface area contributed by atoms with Crippen molar-refractivity contribution in [1.82, 2.24) is 4.31 Å². The maximum atomic E-state index is 12.8. The van der Waals surface area contributed by atoms with Crippen LogP contribution in [0.5, 0.6) is 0 Å². The van der Waals surface area contributed by atoms with Crippen molar-refractivity contribution in [1.29, 1.82) is 0 Å². The fourth-order valence-electron chi connectivity index (χ4n) is 2.16. The van der Waals surface area contributed by atoms with E-state index in [0.717, 1.165) is 5.39 Å². The first-order valence-corrected chi connectivity index (χ1v) is 8.23. The number of hydrogen-bond donors (Lipinski definition) is 0. The Morgan fingerprint density at radius 3 is 2.14 bits per heavy atom. The SMILES string of the molecule is C=CCN(CC=C)S(=O)(=O)c1ccc(Cl)c2ccccc12. The summed E-state index contributed by atoms with van der Waals surface area (Å²) in [5, 5.41) is 1.86. The van der Waals surface area contributed by atoms with Crippen molar-refractivity contribution < 1.29 is 8.42 Å². The second-order valence-corrected chi connectivity index (χ2v) is 6.80. The standard InChI is InChI=1S/C16H16ClNO2S/c1-3-11-18(12-4-2)21(19,20)16-10-9-15(17)13-7-5-6-8-14(13)16/h3-10H,1-2,11-12H2. The summed E-state index contributed by atoms with van der Waals surface area (Å²) in [7, 11) is -3.64. The number of halogens is 1. The molecule has 0 radical (unpaired) electrons. The summed E-state index contributed by atoms with van der Waals surface area (Å²) in [6, 6.07) is 10.3. The largest absolute Gasteiger partial charge is 0.244 e. The van der Waals surface area contributed by atoms with Crippen LogP contribution < -0.4 is 0 Å². The van der Waals surface area contributed by atoms with E-state index in [0.29, 0.717) is 10.4 Å². The van der Waals surface area contributed by atoms with Gasteiger partial charge in [0.05, 0.1) is 4.90 Å². The topological polar surface area (TPSA) is 37.4 Å². The number of nitrogens with zero attached hydrogens (tertiary/aromatic N) is 1. The van der Waals surface area contributed by atoms with Crippen LogP contribution in [0.2, 0.25) is 5.02 Å². The molecule has 0 N–H and O–H groups in total. The molecular formula is C16H16ClNO2S. The number of benzene rings is 2. The number of sulfonamides is 1. The molecule has 2 aromatic carbocycles. The molecule has 0 heterocycles. The minimum Gasteiger partial charge on any atom is -0.207 e. The summed E-state index contributed by atoms with van der Waals surface area (Å²) >= 11 is 6.14. The zero-order valence-electron chi connectivity index (χ0n) is 11.5. The van der Waals surface area contributed by atoms with Gasteiger partial charge in [0, 0.05) is 28.9 Å². The van der Waals surface area contributed by atoms with Crippen molar-refractivity contribution in [3.63, 3.8) is 0 Å². The summed E-state index contributed by atoms with van der Waals surface area (Å²) in [5.41, 5.74) is 0. The number of hydrogen-bond acceptors (Lipinski definition) is 2. The Kier molecular flexibility index (Phi) is 4.83. The molecular weight excluding hydrogens is 306 g/mol. The lowest BCUT2D eigenvalue weighted by atomic mass is 10.1. The van der Waals surface area contributed by atoms with Gasteiger partial charge >= 0.3 is 0 Å². The van der Waals surface area contributed by atoms with Gasteiger partial charge in [-0.1, -0.05) is 48.0 Å². The third-order valence-corrected chi connectivity index (χ3v) is 5.33. The molecule has 110 valence electrons. The van der Waals surface area contributed by atoms with Gasteiger partial charge in [0.15, 0.2) is 0 Å². The predicted octanol–water partition coefficient (Wildman–Crippen LogP) is 3.86. The minimum atomic E-state index is -3.64. The van der Waals surface area contributed by atoms with Gasteiger partial charge in [-0.15, -0.1) is 13.2 Å². The first kappa shape index (κ1) is 15.8. The van der Waals surface area contributed by atoms with Crippen molar-refractivity contribution in [2.24, 2.45) is 0 Å². The van der Waals surface area contributed by atoms with E-state index in [-0.39, 0.29) is 18.0 Å². The zero-order chi connectivity index (χ0) is 15.5. The van der Waals surface area contributed by atoms with E-state index in [1.165, 1.54) is 4.31 Å². The predicted molar refractivity (Wildman–Crippen MR) is 88.1 cm³/mol. The van der Waals surface area contributed by atoms with Crippen LogP contribution in [0.25, 0.3) is 10.8 Å². The van der Waals surface area contributed by atoms with E-state index < -0.39 is 10.0 Å². The lowest BCUT2D eigenvalue weighted by Crippen LogP contribution is -2.31. The molecule has 0 aromatic heterocycles. The number of rotatable bonds is 6. The minimum absolute atomic E-state index is 0.227. The smallest absolute Gasteiger partial charge is 0.207 e. The van der Waals surface area contributed by atoms with Crippen LogP contribution in [0.4, 0.5) is 0 Å². The van der Waals surface area contributed by atoms with E-state index in [4.69, 9.17) is 11.6 Å². The average Bonchev–Trinajstić information content (AvgIpc) is 2.47. The van der Waals surface area contributed by atoms with Crippen LogP contribution in [0.1, 0.15) is 0 Å². The van der Waals surface area contributed by atoms with Crippen LogP contribution >= 0.6 is 11.6 Å². The molecule has 0 atom stereocenters. The summed E-state index contributed by atoms with van der Waals surface area (Å²) in [6.07, 6.45) is 3.11. The van der Waals surface area contributed by atoms with Gasteiger partial charge in [-0.25, -0.2) is 8.42 Å². The molecule has 5 heteroatoms. The van der Waals surface area contributed by atoms with E-state index in [2.05, 4.69) is 13.2 Å². The monoisotopic (exact) mass is 321 g/mol. The first-order valence-electron chi connectivity index (χ1n) is 6.41. The molecule has 3 nitrogen and oxygen atoms in total. The normalized spacial score (nSPS) is 11.7. The Hall–Kier alpha value is -1.62. The summed E-state index contributed by atoms with van der Waals surface area (Å²) in [4.78, 5) is 0.242. The maximum Gasteiger partial charge on any atom is 0.244 e. The summed E-state index contributed by atoms with van der Waals surface area (Å²) < 4.78 is 27.0. The molecule has 0 unspecified atom stereocenters. The highest BCUT2D eigenvalue weighted by Gasteiger charge is 2.24. The molecule has 0 amide bonds. The highest BCUT2D eigenvalue weighted by molar-refractivity contribution is 7.89. The Bertz CT molecular complexity index is 774. The van der Waals surface area contributed by atoms with Gasteiger partial charge in [-0.05, 0) is 12.1 Å². The lowest BCUT2D eigenvalue weighted by Gasteiger charge is -2.20. The lowest BCUT2D eigenvalue weighted by molar-refractivity contribution is 0.475. The van der Waals surface area contributed by atoms with Crippen molar-refractivity contribution in [2.75, 3.05) is 13.1 Å². The van der Waals surface area contributed by atoms with Gasteiger partial charge in [0.25, 0.3) is 0 Å². The molecule has 0 saturated heterocycles. The maximum absolute atomic E-state index is 12.8. The van der Waals surface area contributed by atoms with Gasteiger partial charge in [0.1, 0.15) is 0 Å². The van der Waals surface area contributed by atoms with Crippen LogP contribution in [0.3, 0.4) is 0 Å². The van der Waals surface area contributed by atoms with E-state index >= 15 is 0 Å². The van der Waals surface area contributed by atoms with Crippen molar-refractivity contribution in [2.45, 2.75) is 4.90 Å². The molecule has 0 saturated carbocycles. The van der Waals surface area contributed by atoms with Crippen molar-refractivity contribution >= 4 is 32.4 Å². The summed E-state index contributed by atoms with van der Waals surface area (Å²) in [6.45, 7) is 7.66. The summed E-state index contributed by atoms with van der Waals surface area (Å²) in [5.74, 6) is 0. The zero-order valence-corrected chi connectivity index (χ0v) is 13.1. The molecule has 0 aliphatic rings. The molecule has 2 aromatic rings. The van der Waals surface area contributed by atoms with Gasteiger partial charge in [-0.3, -0.25) is 0 Å². The molecule has 21 heavy (non-hydrogen) atoms. The molecule has 2 rings (SSSR count). The second kappa shape index (κ2) is 6.43. The fourth-order valence-corrected chi connectivity index (χ4v) is 3.96. The Labute approximate surface area is 130 Å². The molecule has 0 aliphatic carbocycles. The molecule has 0 fully saturated rings. The van der Waals surface area contributed by atoms with Gasteiger partial charge < -0.3 is 0 Å². The third kappa shape index (κ3) is 3.02. The Morgan fingerprint density at radius 1 is 1.00 bits per heavy atom. The van der Waals surface area contributed by atoms with Crippen LogP contribution in [-0.2, 0) is 10.0 Å². The van der Waals surface area contributed by atoms with Gasteiger partial charge in [0.2, 0.25) is 10.0 Å². The Balaban J connectivity index is 2.67. The van der Waals surface area contributed by atoms with Crippen LogP contribution in [-0.4, -0.2) is 25.8 Å². The van der Waals surface area contributed by atoms with Gasteiger partial charge in [-0.2, -0.15) is 4.31 Å². The molecule has 0 bridgehead atoms. The van der Waals surface area contributed by atoms with Crippen molar-refractivity contribution in [3.05, 3.63) is 66.7 Å². The van der Waals surface area contributed by atoms with Crippen molar-refractivity contribution in [3.8, 4) is 0 Å². The molecule has 0 spiro atoms. The van der Waals surface area contributed by atoms with Crippen LogP contribution in [0, 0.1) is 0 Å².